The van der Waals surface area contributed by atoms with Crippen molar-refractivity contribution in [1.29, 1.82) is 0 Å². The third-order valence-corrected chi connectivity index (χ3v) is 3.75. The standard InChI is InChI=1S/C16H9Cl2NO2/c17-10-6-4-9(5-7-10)14(20)8-11-15-12(18)2-1-3-13(15)19-16(11)21/h1-8H,(H,19,21). The zero-order valence-corrected chi connectivity index (χ0v) is 12.2. The minimum atomic E-state index is -0.333. The molecule has 3 nitrogen and oxygen atoms in total. The molecule has 0 spiro atoms. The van der Waals surface area contributed by atoms with E-state index in [0.29, 0.717) is 26.9 Å². The molecule has 21 heavy (non-hydrogen) atoms. The van der Waals surface area contributed by atoms with Gasteiger partial charge < -0.3 is 5.32 Å². The zero-order chi connectivity index (χ0) is 15.0. The summed E-state index contributed by atoms with van der Waals surface area (Å²) in [7, 11) is 0. The lowest BCUT2D eigenvalue weighted by Crippen LogP contribution is -2.06. The van der Waals surface area contributed by atoms with Gasteiger partial charge in [0.2, 0.25) is 0 Å². The Bertz CT molecular complexity index is 779. The van der Waals surface area contributed by atoms with E-state index in [4.69, 9.17) is 23.2 Å². The predicted octanol–water partition coefficient (Wildman–Crippen LogP) is 4.21. The van der Waals surface area contributed by atoms with E-state index in [0.717, 1.165) is 0 Å². The molecule has 0 saturated heterocycles. The molecule has 1 aliphatic heterocycles. The van der Waals surface area contributed by atoms with Crippen molar-refractivity contribution in [2.45, 2.75) is 0 Å². The van der Waals surface area contributed by atoms with E-state index in [1.165, 1.54) is 6.08 Å². The second-order valence-electron chi connectivity index (χ2n) is 4.55. The van der Waals surface area contributed by atoms with Crippen LogP contribution in [0.4, 0.5) is 5.69 Å². The number of carbonyl (C=O) groups excluding carboxylic acids is 2. The molecule has 0 atom stereocenters. The molecule has 1 N–H and O–H groups in total. The maximum atomic E-state index is 12.2. The van der Waals surface area contributed by atoms with Crippen LogP contribution < -0.4 is 5.32 Å². The van der Waals surface area contributed by atoms with Crippen LogP contribution in [0, 0.1) is 0 Å². The average molecular weight is 318 g/mol. The molecule has 1 amide bonds. The summed E-state index contributed by atoms with van der Waals surface area (Å²) in [4.78, 5) is 24.2. The molecule has 5 heteroatoms. The van der Waals surface area contributed by atoms with Gasteiger partial charge in [-0.05, 0) is 42.5 Å². The summed E-state index contributed by atoms with van der Waals surface area (Å²) in [6.07, 6.45) is 1.30. The van der Waals surface area contributed by atoms with Crippen molar-refractivity contribution < 1.29 is 9.59 Å². The molecule has 0 unspecified atom stereocenters. The maximum absolute atomic E-state index is 12.2. The van der Waals surface area contributed by atoms with Gasteiger partial charge >= 0.3 is 0 Å². The van der Waals surface area contributed by atoms with Gasteiger partial charge in [-0.3, -0.25) is 9.59 Å². The Labute approximate surface area is 131 Å². The van der Waals surface area contributed by atoms with Crippen LogP contribution in [0.15, 0.2) is 48.5 Å². The third kappa shape index (κ3) is 2.58. The molecule has 0 bridgehead atoms. The van der Waals surface area contributed by atoms with Gasteiger partial charge in [-0.15, -0.1) is 0 Å². The van der Waals surface area contributed by atoms with Crippen molar-refractivity contribution in [3.05, 3.63) is 69.7 Å². The van der Waals surface area contributed by atoms with E-state index >= 15 is 0 Å². The molecular formula is C16H9Cl2NO2. The van der Waals surface area contributed by atoms with Gasteiger partial charge in [0.05, 0.1) is 16.3 Å². The Kier molecular flexibility index (Phi) is 3.53. The number of amides is 1. The summed E-state index contributed by atoms with van der Waals surface area (Å²) in [5.74, 6) is -0.606. The summed E-state index contributed by atoms with van der Waals surface area (Å²) in [6, 6.07) is 11.6. The maximum Gasteiger partial charge on any atom is 0.256 e. The number of allylic oxidation sites excluding steroid dienone is 1. The van der Waals surface area contributed by atoms with Gasteiger partial charge in [0.25, 0.3) is 5.91 Å². The van der Waals surface area contributed by atoms with Gasteiger partial charge in [-0.25, -0.2) is 0 Å². The Morgan fingerprint density at radius 3 is 2.48 bits per heavy atom. The van der Waals surface area contributed by atoms with Gasteiger partial charge in [-0.2, -0.15) is 0 Å². The first-order valence-electron chi connectivity index (χ1n) is 6.18. The van der Waals surface area contributed by atoms with Gasteiger partial charge in [0.1, 0.15) is 0 Å². The van der Waals surface area contributed by atoms with Crippen LogP contribution in [0.25, 0.3) is 5.57 Å². The lowest BCUT2D eigenvalue weighted by Gasteiger charge is -2.01. The fraction of sp³-hybridized carbons (Fsp3) is 0. The predicted molar refractivity (Wildman–Crippen MR) is 83.8 cm³/mol. The molecule has 1 heterocycles. The number of fused-ring (bicyclic) bond motifs is 1. The molecule has 3 rings (SSSR count). The summed E-state index contributed by atoms with van der Waals surface area (Å²) in [6.45, 7) is 0. The van der Waals surface area contributed by atoms with E-state index < -0.39 is 0 Å². The van der Waals surface area contributed by atoms with Crippen molar-refractivity contribution in [2.75, 3.05) is 5.32 Å². The highest BCUT2D eigenvalue weighted by molar-refractivity contribution is 6.41. The summed E-state index contributed by atoms with van der Waals surface area (Å²) >= 11 is 11.9. The molecule has 2 aromatic carbocycles. The Morgan fingerprint density at radius 1 is 1.05 bits per heavy atom. The van der Waals surface area contributed by atoms with Crippen molar-refractivity contribution >= 4 is 46.2 Å². The second kappa shape index (κ2) is 5.35. The molecule has 2 aromatic rings. The highest BCUT2D eigenvalue weighted by Gasteiger charge is 2.27. The SMILES string of the molecule is O=C1Nc2cccc(Cl)c2C1=CC(=O)c1ccc(Cl)cc1. The second-order valence-corrected chi connectivity index (χ2v) is 5.39. The van der Waals surface area contributed by atoms with Crippen LogP contribution in [-0.2, 0) is 4.79 Å². The van der Waals surface area contributed by atoms with Crippen molar-refractivity contribution in [3.8, 4) is 0 Å². The minimum absolute atomic E-state index is 0.274. The number of carbonyl (C=O) groups is 2. The van der Waals surface area contributed by atoms with Crippen LogP contribution in [0.1, 0.15) is 15.9 Å². The van der Waals surface area contributed by atoms with Crippen LogP contribution in [0.3, 0.4) is 0 Å². The van der Waals surface area contributed by atoms with Crippen molar-refractivity contribution in [2.24, 2.45) is 0 Å². The summed E-state index contributed by atoms with van der Waals surface area (Å²) in [5.41, 5.74) is 1.91. The molecule has 104 valence electrons. The number of nitrogens with one attached hydrogen (secondary N) is 1. The summed E-state index contributed by atoms with van der Waals surface area (Å²) in [5, 5.41) is 3.67. The quantitative estimate of drug-likeness (QED) is 0.666. The highest BCUT2D eigenvalue weighted by Crippen LogP contribution is 2.37. The number of hydrogen-bond donors (Lipinski definition) is 1. The molecule has 0 saturated carbocycles. The zero-order valence-electron chi connectivity index (χ0n) is 10.7. The van der Waals surface area contributed by atoms with E-state index in [2.05, 4.69) is 5.32 Å². The first kappa shape index (κ1) is 13.9. The van der Waals surface area contributed by atoms with E-state index in [9.17, 15) is 9.59 Å². The Morgan fingerprint density at radius 2 is 1.76 bits per heavy atom. The topological polar surface area (TPSA) is 46.2 Å². The van der Waals surface area contributed by atoms with E-state index in [1.807, 2.05) is 0 Å². The number of ketones is 1. The van der Waals surface area contributed by atoms with Crippen molar-refractivity contribution in [1.82, 2.24) is 0 Å². The number of hydrogen-bond acceptors (Lipinski definition) is 2. The minimum Gasteiger partial charge on any atom is -0.321 e. The molecule has 0 aliphatic carbocycles. The molecule has 1 aliphatic rings. The number of halogens is 2. The van der Waals surface area contributed by atoms with Crippen molar-refractivity contribution in [3.63, 3.8) is 0 Å². The van der Waals surface area contributed by atoms with Crippen LogP contribution in [0.5, 0.6) is 0 Å². The number of benzene rings is 2. The largest absolute Gasteiger partial charge is 0.321 e. The fourth-order valence-electron chi connectivity index (χ4n) is 2.17. The van der Waals surface area contributed by atoms with Crippen LogP contribution in [-0.4, -0.2) is 11.7 Å². The monoisotopic (exact) mass is 317 g/mol. The summed E-state index contributed by atoms with van der Waals surface area (Å²) < 4.78 is 0. The number of anilines is 1. The number of rotatable bonds is 2. The molecule has 0 radical (unpaired) electrons. The average Bonchev–Trinajstić information content (AvgIpc) is 2.77. The molecular weight excluding hydrogens is 309 g/mol. The van der Waals surface area contributed by atoms with Gasteiger partial charge in [-0.1, -0.05) is 29.3 Å². The Balaban J connectivity index is 2.03. The van der Waals surface area contributed by atoms with Crippen LogP contribution >= 0.6 is 23.2 Å². The first-order chi connectivity index (χ1) is 10.1. The van der Waals surface area contributed by atoms with E-state index in [-0.39, 0.29) is 17.3 Å². The highest BCUT2D eigenvalue weighted by atomic mass is 35.5. The molecule has 0 fully saturated rings. The van der Waals surface area contributed by atoms with E-state index in [1.54, 1.807) is 42.5 Å². The lowest BCUT2D eigenvalue weighted by molar-refractivity contribution is -0.110. The first-order valence-corrected chi connectivity index (χ1v) is 6.93. The Hall–Kier alpha value is -2.10. The van der Waals surface area contributed by atoms with Crippen LogP contribution in [0.2, 0.25) is 10.0 Å². The van der Waals surface area contributed by atoms with Gasteiger partial charge in [0, 0.05) is 16.1 Å². The normalized spacial score (nSPS) is 15.0. The fourth-order valence-corrected chi connectivity index (χ4v) is 2.57. The van der Waals surface area contributed by atoms with Gasteiger partial charge in [0.15, 0.2) is 5.78 Å². The third-order valence-electron chi connectivity index (χ3n) is 3.18. The lowest BCUT2D eigenvalue weighted by atomic mass is 10.0. The smallest absolute Gasteiger partial charge is 0.256 e. The molecule has 0 aromatic heterocycles.